The van der Waals surface area contributed by atoms with E-state index in [2.05, 4.69) is 27.7 Å². The number of aryl methyl sites for hydroxylation is 1. The molecule has 0 bridgehead atoms. The van der Waals surface area contributed by atoms with Crippen LogP contribution in [0.25, 0.3) is 0 Å². The van der Waals surface area contributed by atoms with Crippen molar-refractivity contribution in [2.45, 2.75) is 32.2 Å². The highest BCUT2D eigenvalue weighted by atomic mass is 15.2. The summed E-state index contributed by atoms with van der Waals surface area (Å²) in [6.45, 7) is 2.03. The fourth-order valence-corrected chi connectivity index (χ4v) is 1.67. The van der Waals surface area contributed by atoms with E-state index in [9.17, 15) is 0 Å². The van der Waals surface area contributed by atoms with Crippen LogP contribution >= 0.6 is 0 Å². The second-order valence-corrected chi connectivity index (χ2v) is 3.74. The number of rotatable bonds is 2. The summed E-state index contributed by atoms with van der Waals surface area (Å²) in [5.74, 6) is 0.894. The summed E-state index contributed by atoms with van der Waals surface area (Å²) >= 11 is 0. The first-order valence-corrected chi connectivity index (χ1v) is 5.05. The second-order valence-electron chi connectivity index (χ2n) is 3.74. The predicted molar refractivity (Wildman–Crippen MR) is 57.2 cm³/mol. The normalized spacial score (nSPS) is 20.8. The smallest absolute Gasteiger partial charge is 0.149 e. The van der Waals surface area contributed by atoms with E-state index in [1.54, 1.807) is 6.20 Å². The Kier molecular flexibility index (Phi) is 2.77. The lowest BCUT2D eigenvalue weighted by Crippen LogP contribution is -2.21. The summed E-state index contributed by atoms with van der Waals surface area (Å²) in [4.78, 5) is 0. The van der Waals surface area contributed by atoms with Gasteiger partial charge in [-0.15, -0.1) is 5.10 Å². The predicted octanol–water partition coefficient (Wildman–Crippen LogP) is 2.31. The molecular weight excluding hydrogens is 174 g/mol. The summed E-state index contributed by atoms with van der Waals surface area (Å²) in [5.41, 5.74) is 1.15. The minimum absolute atomic E-state index is 0.524. The number of nitrogens with one attached hydrogen (secondary N) is 1. The van der Waals surface area contributed by atoms with Gasteiger partial charge in [-0.25, -0.2) is 0 Å². The summed E-state index contributed by atoms with van der Waals surface area (Å²) in [6.07, 6.45) is 9.68. The van der Waals surface area contributed by atoms with Crippen LogP contribution < -0.4 is 5.32 Å². The molecule has 0 radical (unpaired) electrons. The van der Waals surface area contributed by atoms with Crippen LogP contribution in [0.15, 0.2) is 24.4 Å². The number of hydrogen-bond donors (Lipinski definition) is 1. The number of aromatic nitrogens is 2. The highest BCUT2D eigenvalue weighted by Gasteiger charge is 2.09. The van der Waals surface area contributed by atoms with E-state index in [1.807, 2.05) is 13.0 Å². The molecule has 1 unspecified atom stereocenters. The van der Waals surface area contributed by atoms with E-state index in [0.717, 1.165) is 24.2 Å². The van der Waals surface area contributed by atoms with Crippen molar-refractivity contribution in [3.63, 3.8) is 0 Å². The standard InChI is InChI=1S/C11H15N3/c1-9-7-11(14-12-8-9)13-10-5-3-2-4-6-10/h2-3,7-8,10H,4-6H2,1H3,(H,13,14). The van der Waals surface area contributed by atoms with Gasteiger partial charge in [0, 0.05) is 6.04 Å². The van der Waals surface area contributed by atoms with Gasteiger partial charge in [-0.3, -0.25) is 0 Å². The van der Waals surface area contributed by atoms with Gasteiger partial charge in [-0.2, -0.15) is 5.10 Å². The third kappa shape index (κ3) is 2.31. The van der Waals surface area contributed by atoms with Crippen molar-refractivity contribution < 1.29 is 0 Å². The summed E-state index contributed by atoms with van der Waals surface area (Å²) in [6, 6.07) is 2.56. The lowest BCUT2D eigenvalue weighted by molar-refractivity contribution is 0.640. The number of hydrogen-bond acceptors (Lipinski definition) is 3. The first-order valence-electron chi connectivity index (χ1n) is 5.05. The molecule has 1 aromatic rings. The summed E-state index contributed by atoms with van der Waals surface area (Å²) in [7, 11) is 0. The van der Waals surface area contributed by atoms with Gasteiger partial charge < -0.3 is 5.32 Å². The Morgan fingerprint density at radius 3 is 3.07 bits per heavy atom. The Bertz CT molecular complexity index is 333. The maximum Gasteiger partial charge on any atom is 0.149 e. The van der Waals surface area contributed by atoms with Crippen LogP contribution in [0.3, 0.4) is 0 Å². The van der Waals surface area contributed by atoms with Gasteiger partial charge in [0.15, 0.2) is 0 Å². The van der Waals surface area contributed by atoms with Gasteiger partial charge in [0.2, 0.25) is 0 Å². The van der Waals surface area contributed by atoms with Crippen molar-refractivity contribution in [2.24, 2.45) is 0 Å². The Labute approximate surface area is 84.2 Å². The van der Waals surface area contributed by atoms with Crippen molar-refractivity contribution in [1.82, 2.24) is 10.2 Å². The Morgan fingerprint density at radius 1 is 1.43 bits per heavy atom. The summed E-state index contributed by atoms with van der Waals surface area (Å²) < 4.78 is 0. The molecule has 0 amide bonds. The van der Waals surface area contributed by atoms with E-state index >= 15 is 0 Å². The van der Waals surface area contributed by atoms with E-state index in [-0.39, 0.29) is 0 Å². The Hall–Kier alpha value is -1.38. The molecule has 0 aromatic carbocycles. The third-order valence-electron chi connectivity index (χ3n) is 2.41. The third-order valence-corrected chi connectivity index (χ3v) is 2.41. The SMILES string of the molecule is Cc1cnnc(NC2CC=CCC2)c1. The van der Waals surface area contributed by atoms with Crippen LogP contribution in [0.5, 0.6) is 0 Å². The molecule has 1 aliphatic carbocycles. The number of anilines is 1. The quantitative estimate of drug-likeness (QED) is 0.725. The van der Waals surface area contributed by atoms with Crippen LogP contribution in [-0.4, -0.2) is 16.2 Å². The largest absolute Gasteiger partial charge is 0.366 e. The van der Waals surface area contributed by atoms with Crippen molar-refractivity contribution in [2.75, 3.05) is 5.32 Å². The summed E-state index contributed by atoms with van der Waals surface area (Å²) in [5, 5.41) is 11.4. The molecule has 1 N–H and O–H groups in total. The molecule has 74 valence electrons. The van der Waals surface area contributed by atoms with E-state index in [1.165, 1.54) is 6.42 Å². The molecule has 1 aliphatic rings. The minimum atomic E-state index is 0.524. The topological polar surface area (TPSA) is 37.8 Å². The lowest BCUT2D eigenvalue weighted by Gasteiger charge is -2.19. The Morgan fingerprint density at radius 2 is 2.36 bits per heavy atom. The van der Waals surface area contributed by atoms with Gasteiger partial charge in [0.25, 0.3) is 0 Å². The number of nitrogens with zero attached hydrogens (tertiary/aromatic N) is 2. The fraction of sp³-hybridized carbons (Fsp3) is 0.455. The minimum Gasteiger partial charge on any atom is -0.366 e. The molecule has 0 saturated heterocycles. The maximum atomic E-state index is 4.05. The molecule has 1 aromatic heterocycles. The second kappa shape index (κ2) is 4.22. The van der Waals surface area contributed by atoms with E-state index < -0.39 is 0 Å². The first-order chi connectivity index (χ1) is 6.84. The van der Waals surface area contributed by atoms with Crippen molar-refractivity contribution in [1.29, 1.82) is 0 Å². The van der Waals surface area contributed by atoms with Crippen molar-refractivity contribution >= 4 is 5.82 Å². The van der Waals surface area contributed by atoms with Crippen LogP contribution in [0, 0.1) is 6.92 Å². The molecular formula is C11H15N3. The maximum absolute atomic E-state index is 4.05. The molecule has 14 heavy (non-hydrogen) atoms. The molecule has 1 atom stereocenters. The molecule has 0 spiro atoms. The highest BCUT2D eigenvalue weighted by molar-refractivity contribution is 5.36. The first kappa shape index (κ1) is 9.19. The molecule has 0 saturated carbocycles. The average molecular weight is 189 g/mol. The van der Waals surface area contributed by atoms with E-state index in [4.69, 9.17) is 0 Å². The molecule has 0 fully saturated rings. The van der Waals surface area contributed by atoms with Crippen molar-refractivity contribution in [3.05, 3.63) is 30.0 Å². The van der Waals surface area contributed by atoms with Crippen molar-refractivity contribution in [3.8, 4) is 0 Å². The average Bonchev–Trinajstić information content (AvgIpc) is 2.19. The van der Waals surface area contributed by atoms with Gasteiger partial charge in [-0.1, -0.05) is 12.2 Å². The van der Waals surface area contributed by atoms with Crippen LogP contribution in [0.4, 0.5) is 5.82 Å². The van der Waals surface area contributed by atoms with Gasteiger partial charge in [0.05, 0.1) is 6.20 Å². The highest BCUT2D eigenvalue weighted by Crippen LogP contribution is 2.15. The molecule has 2 rings (SSSR count). The van der Waals surface area contributed by atoms with Gasteiger partial charge >= 0.3 is 0 Å². The van der Waals surface area contributed by atoms with Crippen LogP contribution in [-0.2, 0) is 0 Å². The van der Waals surface area contributed by atoms with Gasteiger partial charge in [0.1, 0.15) is 5.82 Å². The van der Waals surface area contributed by atoms with Gasteiger partial charge in [-0.05, 0) is 37.8 Å². The zero-order valence-electron chi connectivity index (χ0n) is 8.40. The Balaban J connectivity index is 1.99. The zero-order valence-corrected chi connectivity index (χ0v) is 8.40. The molecule has 1 heterocycles. The molecule has 3 nitrogen and oxygen atoms in total. The fourth-order valence-electron chi connectivity index (χ4n) is 1.67. The lowest BCUT2D eigenvalue weighted by atomic mass is 10.0. The van der Waals surface area contributed by atoms with E-state index in [0.29, 0.717) is 6.04 Å². The molecule has 0 aliphatic heterocycles. The number of allylic oxidation sites excluding steroid dienone is 1. The molecule has 3 heteroatoms. The zero-order chi connectivity index (χ0) is 9.80. The monoisotopic (exact) mass is 189 g/mol. The van der Waals surface area contributed by atoms with Crippen LogP contribution in [0.1, 0.15) is 24.8 Å². The van der Waals surface area contributed by atoms with Crippen LogP contribution in [0.2, 0.25) is 0 Å².